The van der Waals surface area contributed by atoms with E-state index in [4.69, 9.17) is 10.5 Å². The molecule has 2 amide bonds. The van der Waals surface area contributed by atoms with Crippen LogP contribution in [0.2, 0.25) is 0 Å². The van der Waals surface area contributed by atoms with E-state index in [9.17, 15) is 13.6 Å². The number of hydrogen-bond donors (Lipinski definition) is 3. The molecule has 9 heteroatoms. The number of urea groups is 1. The van der Waals surface area contributed by atoms with Crippen LogP contribution in [0.15, 0.2) is 54.7 Å². The molecule has 0 radical (unpaired) electrons. The van der Waals surface area contributed by atoms with E-state index in [0.29, 0.717) is 11.3 Å². The van der Waals surface area contributed by atoms with Crippen LogP contribution in [0.5, 0.6) is 6.01 Å². The Morgan fingerprint density at radius 2 is 1.93 bits per heavy atom. The second-order valence-electron chi connectivity index (χ2n) is 5.78. The number of amides is 2. The van der Waals surface area contributed by atoms with E-state index in [0.717, 1.165) is 11.8 Å². The highest BCUT2D eigenvalue weighted by Gasteiger charge is 2.12. The highest BCUT2D eigenvalue weighted by Crippen LogP contribution is 2.15. The number of nitrogen functional groups attached to an aromatic ring is 1. The van der Waals surface area contributed by atoms with Gasteiger partial charge in [0.05, 0.1) is 6.20 Å². The third-order valence-electron chi connectivity index (χ3n) is 3.67. The van der Waals surface area contributed by atoms with Gasteiger partial charge in [-0.3, -0.25) is 5.32 Å². The maximum atomic E-state index is 13.9. The Kier molecular flexibility index (Phi) is 5.95. The predicted octanol–water partition coefficient (Wildman–Crippen LogP) is 3.24. The van der Waals surface area contributed by atoms with Crippen LogP contribution in [-0.4, -0.2) is 16.0 Å². The highest BCUT2D eigenvalue weighted by atomic mass is 19.1. The maximum Gasteiger partial charge on any atom is 0.320 e. The number of nitrogens with two attached hydrogens (primary N) is 1. The van der Waals surface area contributed by atoms with Crippen molar-refractivity contribution in [1.29, 1.82) is 0 Å². The number of carbonyl (C=O) groups excluding carboxylic acids is 1. The second kappa shape index (κ2) is 8.76. The molecule has 0 aliphatic carbocycles. The average molecular weight is 385 g/mol. The number of rotatable bonds is 6. The molecule has 7 nitrogen and oxygen atoms in total. The van der Waals surface area contributed by atoms with Gasteiger partial charge in [-0.1, -0.05) is 30.3 Å². The minimum Gasteiger partial charge on any atom is -0.459 e. The monoisotopic (exact) mass is 385 g/mol. The molecule has 3 rings (SSSR count). The molecular weight excluding hydrogens is 368 g/mol. The standard InChI is InChI=1S/C19H17F2N5O2/c20-15-7-2-1-5-13(15)9-23-18(27)25-17-16(21)10-24-19(26-17)28-11-12-4-3-6-14(22)8-12/h1-8,10H,9,11,22H2,(H2,23,24,25,26,27). The summed E-state index contributed by atoms with van der Waals surface area (Å²) >= 11 is 0. The quantitative estimate of drug-likeness (QED) is 0.566. The van der Waals surface area contributed by atoms with Crippen LogP contribution in [0, 0.1) is 11.6 Å². The van der Waals surface area contributed by atoms with Crippen molar-refractivity contribution in [3.63, 3.8) is 0 Å². The SMILES string of the molecule is Nc1cccc(COc2ncc(F)c(NC(=O)NCc3ccccc3F)n2)c1. The first-order valence-electron chi connectivity index (χ1n) is 8.29. The van der Waals surface area contributed by atoms with Gasteiger partial charge in [-0.25, -0.2) is 18.6 Å². The van der Waals surface area contributed by atoms with E-state index < -0.39 is 17.7 Å². The smallest absolute Gasteiger partial charge is 0.320 e. The van der Waals surface area contributed by atoms with Crippen LogP contribution in [-0.2, 0) is 13.2 Å². The molecule has 0 saturated carbocycles. The number of halogens is 2. The van der Waals surface area contributed by atoms with Crippen molar-refractivity contribution < 1.29 is 18.3 Å². The molecule has 0 spiro atoms. The van der Waals surface area contributed by atoms with Crippen molar-refractivity contribution in [2.24, 2.45) is 0 Å². The summed E-state index contributed by atoms with van der Waals surface area (Å²) in [4.78, 5) is 19.5. The highest BCUT2D eigenvalue weighted by molar-refractivity contribution is 5.88. The van der Waals surface area contributed by atoms with Gasteiger partial charge < -0.3 is 15.8 Å². The summed E-state index contributed by atoms with van der Waals surface area (Å²) in [5, 5.41) is 4.68. The van der Waals surface area contributed by atoms with Crippen molar-refractivity contribution >= 4 is 17.5 Å². The van der Waals surface area contributed by atoms with Crippen LogP contribution >= 0.6 is 0 Å². The molecule has 144 valence electrons. The number of hydrogen-bond acceptors (Lipinski definition) is 5. The zero-order valence-corrected chi connectivity index (χ0v) is 14.7. The van der Waals surface area contributed by atoms with Crippen molar-refractivity contribution in [3.8, 4) is 6.01 Å². The molecule has 28 heavy (non-hydrogen) atoms. The maximum absolute atomic E-state index is 13.9. The lowest BCUT2D eigenvalue weighted by Crippen LogP contribution is -2.29. The first-order chi connectivity index (χ1) is 13.5. The average Bonchev–Trinajstić information content (AvgIpc) is 2.68. The Morgan fingerprint density at radius 3 is 2.71 bits per heavy atom. The van der Waals surface area contributed by atoms with Gasteiger partial charge in [-0.15, -0.1) is 0 Å². The molecule has 0 aliphatic rings. The van der Waals surface area contributed by atoms with Gasteiger partial charge in [0, 0.05) is 17.8 Å². The summed E-state index contributed by atoms with van der Waals surface area (Å²) in [5.41, 5.74) is 7.35. The lowest BCUT2D eigenvalue weighted by Gasteiger charge is -2.10. The molecular formula is C19H17F2N5O2. The van der Waals surface area contributed by atoms with Gasteiger partial charge in [-0.2, -0.15) is 4.98 Å². The predicted molar refractivity (Wildman–Crippen MR) is 99.4 cm³/mol. The summed E-state index contributed by atoms with van der Waals surface area (Å²) < 4.78 is 32.8. The molecule has 0 aliphatic heterocycles. The minimum atomic E-state index is -0.836. The minimum absolute atomic E-state index is 0.0655. The molecule has 4 N–H and O–H groups in total. The number of ether oxygens (including phenoxy) is 1. The summed E-state index contributed by atoms with van der Waals surface area (Å²) in [6, 6.07) is 12.2. The molecule has 0 unspecified atom stereocenters. The Hall–Kier alpha value is -3.75. The van der Waals surface area contributed by atoms with Crippen molar-refractivity contribution in [1.82, 2.24) is 15.3 Å². The molecule has 0 bridgehead atoms. The molecule has 1 heterocycles. The topological polar surface area (TPSA) is 102 Å². The van der Waals surface area contributed by atoms with Crippen LogP contribution in [0.4, 0.5) is 25.1 Å². The van der Waals surface area contributed by atoms with Crippen LogP contribution < -0.4 is 21.1 Å². The molecule has 2 aromatic carbocycles. The van der Waals surface area contributed by atoms with E-state index in [1.54, 1.807) is 36.4 Å². The van der Waals surface area contributed by atoms with Crippen molar-refractivity contribution in [2.45, 2.75) is 13.2 Å². The summed E-state index contributed by atoms with van der Waals surface area (Å²) in [7, 11) is 0. The van der Waals surface area contributed by atoms with Crippen molar-refractivity contribution in [3.05, 3.63) is 77.5 Å². The number of anilines is 2. The second-order valence-corrected chi connectivity index (χ2v) is 5.78. The first-order valence-corrected chi connectivity index (χ1v) is 8.29. The Balaban J connectivity index is 1.59. The van der Waals surface area contributed by atoms with E-state index in [1.807, 2.05) is 0 Å². The normalized spacial score (nSPS) is 10.4. The zero-order valence-electron chi connectivity index (χ0n) is 14.7. The Morgan fingerprint density at radius 1 is 1.11 bits per heavy atom. The molecule has 3 aromatic rings. The summed E-state index contributed by atoms with van der Waals surface area (Å²) in [6.45, 7) is 0.0551. The van der Waals surface area contributed by atoms with Crippen LogP contribution in [0.25, 0.3) is 0 Å². The Labute approximate surface area is 159 Å². The van der Waals surface area contributed by atoms with Gasteiger partial charge in [0.15, 0.2) is 11.6 Å². The Bertz CT molecular complexity index is 984. The zero-order chi connectivity index (χ0) is 19.9. The van der Waals surface area contributed by atoms with E-state index in [-0.39, 0.29) is 25.0 Å². The van der Waals surface area contributed by atoms with E-state index in [2.05, 4.69) is 20.6 Å². The number of benzene rings is 2. The fraction of sp³-hybridized carbons (Fsp3) is 0.105. The van der Waals surface area contributed by atoms with Gasteiger partial charge in [-0.05, 0) is 23.8 Å². The third kappa shape index (κ3) is 5.13. The van der Waals surface area contributed by atoms with Gasteiger partial charge >= 0.3 is 12.0 Å². The number of aromatic nitrogens is 2. The fourth-order valence-corrected chi connectivity index (χ4v) is 2.31. The van der Waals surface area contributed by atoms with E-state index >= 15 is 0 Å². The third-order valence-corrected chi connectivity index (χ3v) is 3.67. The lowest BCUT2D eigenvalue weighted by atomic mass is 10.2. The van der Waals surface area contributed by atoms with Crippen LogP contribution in [0.3, 0.4) is 0 Å². The number of nitrogens with one attached hydrogen (secondary N) is 2. The molecule has 0 fully saturated rings. The van der Waals surface area contributed by atoms with E-state index in [1.165, 1.54) is 12.1 Å². The van der Waals surface area contributed by atoms with Crippen molar-refractivity contribution in [2.75, 3.05) is 11.1 Å². The molecule has 0 saturated heterocycles. The lowest BCUT2D eigenvalue weighted by molar-refractivity contribution is 0.251. The number of nitrogens with zero attached hydrogens (tertiary/aromatic N) is 2. The van der Waals surface area contributed by atoms with Gasteiger partial charge in [0.25, 0.3) is 0 Å². The molecule has 0 atom stereocenters. The first kappa shape index (κ1) is 19.0. The largest absolute Gasteiger partial charge is 0.459 e. The van der Waals surface area contributed by atoms with Gasteiger partial charge in [0.2, 0.25) is 0 Å². The van der Waals surface area contributed by atoms with Gasteiger partial charge in [0.1, 0.15) is 12.4 Å². The van der Waals surface area contributed by atoms with Crippen LogP contribution in [0.1, 0.15) is 11.1 Å². The number of carbonyl (C=O) groups is 1. The summed E-state index contributed by atoms with van der Waals surface area (Å²) in [5.74, 6) is -1.64. The molecule has 1 aromatic heterocycles. The summed E-state index contributed by atoms with van der Waals surface area (Å²) in [6.07, 6.45) is 0.883. The fourth-order valence-electron chi connectivity index (χ4n) is 2.31.